The second kappa shape index (κ2) is 9.11. The SMILES string of the molecule is CCC(C)(C)C1CCc2c(sc(NC(=O)CSc3nnc(C)n3C(C)C)c2C#N)C1. The van der Waals surface area contributed by atoms with Crippen molar-refractivity contribution in [2.24, 2.45) is 11.3 Å². The van der Waals surface area contributed by atoms with E-state index in [1.54, 1.807) is 11.3 Å². The molecule has 0 radical (unpaired) electrons. The third-order valence-electron chi connectivity index (χ3n) is 6.33. The van der Waals surface area contributed by atoms with Crippen molar-refractivity contribution in [3.8, 4) is 6.07 Å². The van der Waals surface area contributed by atoms with Gasteiger partial charge in [0.25, 0.3) is 0 Å². The molecular weight excluding hydrogens is 414 g/mol. The Hall–Kier alpha value is -1.85. The molecule has 2 aromatic heterocycles. The van der Waals surface area contributed by atoms with Gasteiger partial charge in [-0.2, -0.15) is 5.26 Å². The van der Waals surface area contributed by atoms with Gasteiger partial charge in [0, 0.05) is 10.9 Å². The first-order valence-electron chi connectivity index (χ1n) is 10.6. The number of nitrogens with zero attached hydrogens (tertiary/aromatic N) is 4. The van der Waals surface area contributed by atoms with Gasteiger partial charge in [0.05, 0.1) is 11.3 Å². The van der Waals surface area contributed by atoms with E-state index in [0.29, 0.717) is 21.9 Å². The summed E-state index contributed by atoms with van der Waals surface area (Å²) in [7, 11) is 0. The Morgan fingerprint density at radius 1 is 1.43 bits per heavy atom. The summed E-state index contributed by atoms with van der Waals surface area (Å²) in [6.07, 6.45) is 4.17. The van der Waals surface area contributed by atoms with Gasteiger partial charge in [0.1, 0.15) is 16.9 Å². The standard InChI is InChI=1S/C22H31N5OS2/c1-7-22(5,6)15-8-9-16-17(11-23)20(30-18(16)10-15)24-19(28)12-29-21-26-25-14(4)27(21)13(2)3/h13,15H,7-10,12H2,1-6H3,(H,24,28). The quantitative estimate of drug-likeness (QED) is 0.579. The molecule has 1 unspecified atom stereocenters. The summed E-state index contributed by atoms with van der Waals surface area (Å²) in [4.78, 5) is 13.9. The topological polar surface area (TPSA) is 83.6 Å². The second-order valence-electron chi connectivity index (χ2n) is 8.93. The maximum Gasteiger partial charge on any atom is 0.235 e. The van der Waals surface area contributed by atoms with Crippen LogP contribution in [0.3, 0.4) is 0 Å². The number of thiophene rings is 1. The summed E-state index contributed by atoms with van der Waals surface area (Å²) in [5.74, 6) is 1.58. The maximum atomic E-state index is 12.6. The number of carbonyl (C=O) groups is 1. The van der Waals surface area contributed by atoms with Crippen molar-refractivity contribution in [1.29, 1.82) is 5.26 Å². The van der Waals surface area contributed by atoms with Crippen molar-refractivity contribution in [2.45, 2.75) is 78.4 Å². The molecule has 0 fully saturated rings. The normalized spacial score (nSPS) is 16.4. The summed E-state index contributed by atoms with van der Waals surface area (Å²) in [5, 5.41) is 22.5. The van der Waals surface area contributed by atoms with Gasteiger partial charge in [-0.15, -0.1) is 21.5 Å². The fraction of sp³-hybridized carbons (Fsp3) is 0.636. The molecule has 3 rings (SSSR count). The zero-order valence-electron chi connectivity index (χ0n) is 18.7. The first-order chi connectivity index (χ1) is 14.2. The smallest absolute Gasteiger partial charge is 0.235 e. The number of anilines is 1. The van der Waals surface area contributed by atoms with Gasteiger partial charge in [0.15, 0.2) is 5.16 Å². The van der Waals surface area contributed by atoms with Gasteiger partial charge in [0.2, 0.25) is 5.91 Å². The summed E-state index contributed by atoms with van der Waals surface area (Å²) in [6, 6.07) is 2.58. The van der Waals surface area contributed by atoms with E-state index >= 15 is 0 Å². The number of fused-ring (bicyclic) bond motifs is 1. The number of hydrogen-bond donors (Lipinski definition) is 1. The number of amides is 1. The molecule has 6 nitrogen and oxygen atoms in total. The monoisotopic (exact) mass is 445 g/mol. The number of nitrogens with one attached hydrogen (secondary N) is 1. The van der Waals surface area contributed by atoms with Crippen LogP contribution in [-0.4, -0.2) is 26.4 Å². The molecule has 0 aromatic carbocycles. The van der Waals surface area contributed by atoms with Crippen LogP contribution in [0.1, 0.15) is 75.3 Å². The van der Waals surface area contributed by atoms with E-state index in [2.05, 4.69) is 56.2 Å². The van der Waals surface area contributed by atoms with Crippen molar-refractivity contribution in [1.82, 2.24) is 14.8 Å². The molecule has 0 spiro atoms. The van der Waals surface area contributed by atoms with Crippen LogP contribution in [0.15, 0.2) is 5.16 Å². The minimum absolute atomic E-state index is 0.114. The molecule has 30 heavy (non-hydrogen) atoms. The van der Waals surface area contributed by atoms with Crippen molar-refractivity contribution in [3.05, 3.63) is 21.8 Å². The van der Waals surface area contributed by atoms with Gasteiger partial charge in [-0.25, -0.2) is 0 Å². The van der Waals surface area contributed by atoms with Gasteiger partial charge >= 0.3 is 0 Å². The molecule has 0 saturated carbocycles. The predicted molar refractivity (Wildman–Crippen MR) is 123 cm³/mol. The highest BCUT2D eigenvalue weighted by atomic mass is 32.2. The van der Waals surface area contributed by atoms with Crippen LogP contribution < -0.4 is 5.32 Å². The molecule has 0 aliphatic heterocycles. The Kier molecular flexibility index (Phi) is 6.93. The fourth-order valence-corrected chi connectivity index (χ4v) is 6.29. The van der Waals surface area contributed by atoms with Crippen LogP contribution in [0.4, 0.5) is 5.00 Å². The van der Waals surface area contributed by atoms with Crippen molar-refractivity contribution >= 4 is 34.0 Å². The minimum Gasteiger partial charge on any atom is -0.316 e. The molecule has 1 aliphatic rings. The third-order valence-corrected chi connectivity index (χ3v) is 8.44. The Balaban J connectivity index is 1.71. The average molecular weight is 446 g/mol. The molecule has 2 aromatic rings. The Labute approximate surface area is 187 Å². The average Bonchev–Trinajstić information content (AvgIpc) is 3.24. The predicted octanol–water partition coefficient (Wildman–Crippen LogP) is 5.37. The fourth-order valence-electron chi connectivity index (χ4n) is 4.08. The lowest BCUT2D eigenvalue weighted by Gasteiger charge is -2.36. The molecule has 2 heterocycles. The van der Waals surface area contributed by atoms with E-state index in [0.717, 1.165) is 42.2 Å². The van der Waals surface area contributed by atoms with Crippen LogP contribution >= 0.6 is 23.1 Å². The largest absolute Gasteiger partial charge is 0.316 e. The number of aryl methyl sites for hydroxylation is 1. The summed E-state index contributed by atoms with van der Waals surface area (Å²) in [5.41, 5.74) is 2.09. The minimum atomic E-state index is -0.114. The van der Waals surface area contributed by atoms with E-state index in [4.69, 9.17) is 0 Å². The van der Waals surface area contributed by atoms with Gasteiger partial charge < -0.3 is 9.88 Å². The summed E-state index contributed by atoms with van der Waals surface area (Å²) in [6.45, 7) is 13.0. The Bertz CT molecular complexity index is 967. The van der Waals surface area contributed by atoms with Crippen LogP contribution in [0.2, 0.25) is 0 Å². The lowest BCUT2D eigenvalue weighted by Crippen LogP contribution is -2.28. The number of carbonyl (C=O) groups excluding carboxylic acids is 1. The molecule has 162 valence electrons. The van der Waals surface area contributed by atoms with Crippen molar-refractivity contribution in [3.63, 3.8) is 0 Å². The lowest BCUT2D eigenvalue weighted by atomic mass is 9.69. The molecule has 0 saturated heterocycles. The number of aromatic nitrogens is 3. The molecule has 1 aliphatic carbocycles. The summed E-state index contributed by atoms with van der Waals surface area (Å²) < 4.78 is 2.03. The Morgan fingerprint density at radius 2 is 2.17 bits per heavy atom. The third kappa shape index (κ3) is 4.57. The van der Waals surface area contributed by atoms with E-state index in [-0.39, 0.29) is 17.7 Å². The van der Waals surface area contributed by atoms with E-state index in [9.17, 15) is 10.1 Å². The highest BCUT2D eigenvalue weighted by Gasteiger charge is 2.34. The second-order valence-corrected chi connectivity index (χ2v) is 11.0. The van der Waals surface area contributed by atoms with E-state index in [1.165, 1.54) is 16.6 Å². The van der Waals surface area contributed by atoms with E-state index in [1.807, 2.05) is 11.5 Å². The molecule has 0 bridgehead atoms. The van der Waals surface area contributed by atoms with Gasteiger partial charge in [-0.3, -0.25) is 4.79 Å². The number of nitriles is 1. The maximum absolute atomic E-state index is 12.6. The van der Waals surface area contributed by atoms with E-state index < -0.39 is 0 Å². The van der Waals surface area contributed by atoms with Crippen molar-refractivity contribution < 1.29 is 4.79 Å². The molecule has 1 amide bonds. The van der Waals surface area contributed by atoms with Gasteiger partial charge in [-0.1, -0.05) is 39.0 Å². The highest BCUT2D eigenvalue weighted by Crippen LogP contribution is 2.45. The number of hydrogen-bond acceptors (Lipinski definition) is 6. The van der Waals surface area contributed by atoms with Crippen LogP contribution in [0.5, 0.6) is 0 Å². The first kappa shape index (κ1) is 22.8. The van der Waals surface area contributed by atoms with Crippen molar-refractivity contribution in [2.75, 3.05) is 11.1 Å². The lowest BCUT2D eigenvalue weighted by molar-refractivity contribution is -0.113. The van der Waals surface area contributed by atoms with Gasteiger partial charge in [-0.05, 0) is 56.9 Å². The first-order valence-corrected chi connectivity index (χ1v) is 12.4. The molecular formula is C22H31N5OS2. The Morgan fingerprint density at radius 3 is 2.80 bits per heavy atom. The van der Waals surface area contributed by atoms with Crippen LogP contribution in [-0.2, 0) is 17.6 Å². The van der Waals surface area contributed by atoms with Crippen LogP contribution in [0, 0.1) is 29.6 Å². The molecule has 1 atom stereocenters. The van der Waals surface area contributed by atoms with Crippen LogP contribution in [0.25, 0.3) is 0 Å². The molecule has 1 N–H and O–H groups in total. The zero-order valence-corrected chi connectivity index (χ0v) is 20.3. The zero-order chi connectivity index (χ0) is 22.1. The number of rotatable bonds is 7. The summed E-state index contributed by atoms with van der Waals surface area (Å²) >= 11 is 2.96. The highest BCUT2D eigenvalue weighted by molar-refractivity contribution is 7.99. The molecule has 8 heteroatoms. The number of thioether (sulfide) groups is 1.